The molecule has 1 aliphatic heterocycles. The third-order valence-electron chi connectivity index (χ3n) is 3.09. The molecule has 1 heterocycles. The minimum atomic E-state index is -0.699. The van der Waals surface area contributed by atoms with E-state index in [9.17, 15) is 10.1 Å². The molecule has 2 rings (SSSR count). The van der Waals surface area contributed by atoms with Crippen molar-refractivity contribution in [3.8, 4) is 0 Å². The Morgan fingerprint density at radius 1 is 1.37 bits per heavy atom. The van der Waals surface area contributed by atoms with E-state index in [1.54, 1.807) is 0 Å². The maximum absolute atomic E-state index is 11.2. The van der Waals surface area contributed by atoms with Gasteiger partial charge in [-0.15, -0.1) is 0 Å². The van der Waals surface area contributed by atoms with Crippen molar-refractivity contribution in [2.45, 2.75) is 24.6 Å². The van der Waals surface area contributed by atoms with Gasteiger partial charge in [-0.25, -0.2) is 0 Å². The van der Waals surface area contributed by atoms with Gasteiger partial charge in [0.2, 0.25) is 0 Å². The molecule has 0 saturated carbocycles. The van der Waals surface area contributed by atoms with Crippen LogP contribution in [0.5, 0.6) is 0 Å². The average Bonchev–Trinajstić information content (AvgIpc) is 2.93. The summed E-state index contributed by atoms with van der Waals surface area (Å²) in [6, 6.07) is 9.53. The van der Waals surface area contributed by atoms with Crippen LogP contribution < -0.4 is 0 Å². The van der Waals surface area contributed by atoms with Crippen LogP contribution in [0.2, 0.25) is 0 Å². The number of nitro groups is 1. The smallest absolute Gasteiger partial charge is 0.268 e. The van der Waals surface area contributed by atoms with Crippen molar-refractivity contribution in [1.82, 2.24) is 4.90 Å². The minimum absolute atomic E-state index is 0.236. The van der Waals surface area contributed by atoms with E-state index in [4.69, 9.17) is 12.2 Å². The second-order valence-corrected chi connectivity index (χ2v) is 6.32. The second-order valence-electron chi connectivity index (χ2n) is 4.51. The number of thioether (sulfide) groups is 1. The normalized spacial score (nSPS) is 16.3. The molecular weight excluding hydrogens is 280 g/mol. The van der Waals surface area contributed by atoms with Gasteiger partial charge < -0.3 is 4.90 Å². The molecule has 0 N–H and O–H groups in total. The number of thiocarbonyl (C=S) groups is 1. The van der Waals surface area contributed by atoms with E-state index in [1.807, 2.05) is 30.3 Å². The topological polar surface area (TPSA) is 46.4 Å². The Morgan fingerprint density at radius 2 is 2.00 bits per heavy atom. The first kappa shape index (κ1) is 14.3. The molecule has 4 nitrogen and oxygen atoms in total. The molecule has 6 heteroatoms. The van der Waals surface area contributed by atoms with Crippen molar-refractivity contribution in [2.75, 3.05) is 13.1 Å². The lowest BCUT2D eigenvalue weighted by molar-refractivity contribution is -0.494. The summed E-state index contributed by atoms with van der Waals surface area (Å²) in [4.78, 5) is 13.0. The van der Waals surface area contributed by atoms with E-state index in [-0.39, 0.29) is 4.92 Å². The van der Waals surface area contributed by atoms with Crippen LogP contribution in [-0.4, -0.2) is 32.6 Å². The Balaban J connectivity index is 1.96. The Kier molecular flexibility index (Phi) is 5.15. The lowest BCUT2D eigenvalue weighted by atomic mass is 10.1. The molecule has 1 fully saturated rings. The van der Waals surface area contributed by atoms with Gasteiger partial charge in [-0.2, -0.15) is 0 Å². The Bertz CT molecular complexity index is 447. The summed E-state index contributed by atoms with van der Waals surface area (Å²) in [6.07, 6.45) is 2.66. The number of rotatable bonds is 4. The van der Waals surface area contributed by atoms with Crippen LogP contribution in [0, 0.1) is 10.1 Å². The van der Waals surface area contributed by atoms with E-state index in [0.717, 1.165) is 31.5 Å². The first-order valence-electron chi connectivity index (χ1n) is 6.30. The highest BCUT2D eigenvalue weighted by Crippen LogP contribution is 2.23. The highest BCUT2D eigenvalue weighted by atomic mass is 32.2. The van der Waals surface area contributed by atoms with Crippen molar-refractivity contribution in [1.29, 1.82) is 0 Å². The molecule has 102 valence electrons. The van der Waals surface area contributed by atoms with E-state index in [2.05, 4.69) is 4.90 Å². The standard InChI is InChI=1S/C13H16N2O2S2/c16-15(17)12(10-11-6-2-1-3-7-11)19-13(18)14-8-4-5-9-14/h1-3,6-7,12H,4-5,8-10H2. The number of benzene rings is 1. The predicted octanol–water partition coefficient (Wildman–Crippen LogP) is 2.95. The van der Waals surface area contributed by atoms with Crippen molar-refractivity contribution in [3.05, 3.63) is 46.0 Å². The van der Waals surface area contributed by atoms with E-state index < -0.39 is 5.37 Å². The first-order chi connectivity index (χ1) is 9.16. The van der Waals surface area contributed by atoms with Crippen LogP contribution in [0.1, 0.15) is 18.4 Å². The van der Waals surface area contributed by atoms with Gasteiger partial charge in [0.25, 0.3) is 5.37 Å². The van der Waals surface area contributed by atoms with E-state index in [0.29, 0.717) is 10.7 Å². The molecule has 1 saturated heterocycles. The van der Waals surface area contributed by atoms with Crippen LogP contribution in [0.4, 0.5) is 0 Å². The zero-order chi connectivity index (χ0) is 13.7. The Morgan fingerprint density at radius 3 is 2.58 bits per heavy atom. The molecule has 0 aromatic heterocycles. The molecule has 0 spiro atoms. The minimum Gasteiger partial charge on any atom is -0.357 e. The fourth-order valence-corrected chi connectivity index (χ4v) is 3.51. The highest BCUT2D eigenvalue weighted by Gasteiger charge is 2.26. The molecule has 0 aliphatic carbocycles. The zero-order valence-corrected chi connectivity index (χ0v) is 12.2. The summed E-state index contributed by atoms with van der Waals surface area (Å²) in [5.41, 5.74) is 0.973. The first-order valence-corrected chi connectivity index (χ1v) is 7.58. The van der Waals surface area contributed by atoms with Crippen LogP contribution in [-0.2, 0) is 6.42 Å². The maximum Gasteiger partial charge on any atom is 0.268 e. The van der Waals surface area contributed by atoms with Gasteiger partial charge in [0.1, 0.15) is 4.32 Å². The molecule has 0 amide bonds. The summed E-state index contributed by atoms with van der Waals surface area (Å²) in [5, 5.41) is 10.5. The molecule has 0 bridgehead atoms. The van der Waals surface area contributed by atoms with Crippen molar-refractivity contribution in [3.63, 3.8) is 0 Å². The van der Waals surface area contributed by atoms with Crippen LogP contribution in [0.15, 0.2) is 30.3 Å². The third-order valence-corrected chi connectivity index (χ3v) is 4.71. The number of nitrogens with zero attached hydrogens (tertiary/aromatic N) is 2. The summed E-state index contributed by atoms with van der Waals surface area (Å²) in [7, 11) is 0. The Labute approximate surface area is 122 Å². The Hall–Kier alpha value is -1.14. The summed E-state index contributed by atoms with van der Waals surface area (Å²) >= 11 is 6.51. The number of likely N-dealkylation sites (tertiary alicyclic amines) is 1. The fraction of sp³-hybridized carbons (Fsp3) is 0.462. The average molecular weight is 296 g/mol. The predicted molar refractivity (Wildman–Crippen MR) is 81.9 cm³/mol. The molecule has 1 unspecified atom stereocenters. The second kappa shape index (κ2) is 6.86. The number of hydrogen-bond acceptors (Lipinski definition) is 4. The molecule has 1 atom stereocenters. The van der Waals surface area contributed by atoms with Gasteiger partial charge in [-0.1, -0.05) is 42.5 Å². The SMILES string of the molecule is O=[N+]([O-])C(Cc1ccccc1)SC(=S)N1CCCC1. The molecule has 1 aromatic rings. The maximum atomic E-state index is 11.2. The van der Waals surface area contributed by atoms with E-state index >= 15 is 0 Å². The lowest BCUT2D eigenvalue weighted by Gasteiger charge is -2.19. The molecule has 1 aliphatic rings. The summed E-state index contributed by atoms with van der Waals surface area (Å²) in [5.74, 6) is 0. The number of hydrogen-bond donors (Lipinski definition) is 0. The van der Waals surface area contributed by atoms with Crippen LogP contribution in [0.25, 0.3) is 0 Å². The van der Waals surface area contributed by atoms with Gasteiger partial charge in [0.15, 0.2) is 0 Å². The van der Waals surface area contributed by atoms with Crippen LogP contribution in [0.3, 0.4) is 0 Å². The highest BCUT2D eigenvalue weighted by molar-refractivity contribution is 8.23. The molecule has 1 aromatic carbocycles. The van der Waals surface area contributed by atoms with Gasteiger partial charge in [0, 0.05) is 18.0 Å². The zero-order valence-electron chi connectivity index (χ0n) is 10.5. The summed E-state index contributed by atoms with van der Waals surface area (Å²) < 4.78 is 0.662. The largest absolute Gasteiger partial charge is 0.357 e. The quantitative estimate of drug-likeness (QED) is 0.370. The molecular formula is C13H16N2O2S2. The van der Waals surface area contributed by atoms with Crippen LogP contribution >= 0.6 is 24.0 Å². The monoisotopic (exact) mass is 296 g/mol. The van der Waals surface area contributed by atoms with Gasteiger partial charge >= 0.3 is 0 Å². The van der Waals surface area contributed by atoms with Gasteiger partial charge in [0.05, 0.1) is 6.42 Å². The molecule has 0 radical (unpaired) electrons. The van der Waals surface area contributed by atoms with Gasteiger partial charge in [-0.3, -0.25) is 10.1 Å². The lowest BCUT2D eigenvalue weighted by Crippen LogP contribution is -2.28. The van der Waals surface area contributed by atoms with Crippen molar-refractivity contribution in [2.24, 2.45) is 0 Å². The fourth-order valence-electron chi connectivity index (χ4n) is 2.07. The van der Waals surface area contributed by atoms with Gasteiger partial charge in [-0.05, 0) is 30.2 Å². The van der Waals surface area contributed by atoms with Crippen molar-refractivity contribution < 1.29 is 4.92 Å². The summed E-state index contributed by atoms with van der Waals surface area (Å²) in [6.45, 7) is 1.86. The van der Waals surface area contributed by atoms with Crippen molar-refractivity contribution >= 4 is 28.3 Å². The molecule has 19 heavy (non-hydrogen) atoms. The van der Waals surface area contributed by atoms with E-state index in [1.165, 1.54) is 11.8 Å². The third kappa shape index (κ3) is 4.18.